The van der Waals surface area contributed by atoms with Crippen molar-refractivity contribution in [2.75, 3.05) is 0 Å². The summed E-state index contributed by atoms with van der Waals surface area (Å²) in [5.74, 6) is 0. The van der Waals surface area contributed by atoms with E-state index in [1.807, 2.05) is 6.07 Å². The van der Waals surface area contributed by atoms with Gasteiger partial charge >= 0.3 is 0 Å². The molecule has 0 aliphatic carbocycles. The largest absolute Gasteiger partial charge is 0.309 e. The first-order valence-electron chi connectivity index (χ1n) is 16.2. The zero-order valence-corrected chi connectivity index (χ0v) is 26.7. The van der Waals surface area contributed by atoms with Crippen molar-refractivity contribution in [3.63, 3.8) is 0 Å². The number of aromatic nitrogens is 3. The minimum absolute atomic E-state index is 1.00. The Morgan fingerprint density at radius 3 is 1.98 bits per heavy atom. The molecule has 0 amide bonds. The summed E-state index contributed by atoms with van der Waals surface area (Å²) in [5.41, 5.74) is 11.2. The highest BCUT2D eigenvalue weighted by Gasteiger charge is 2.19. The highest BCUT2D eigenvalue weighted by atomic mass is 32.1. The average Bonchev–Trinajstić information content (AvgIpc) is 3.75. The van der Waals surface area contributed by atoms with Crippen LogP contribution in [0.4, 0.5) is 0 Å². The maximum Gasteiger partial charge on any atom is 0.124 e. The zero-order valence-electron chi connectivity index (χ0n) is 25.8. The van der Waals surface area contributed by atoms with Crippen molar-refractivity contribution in [3.8, 4) is 38.6 Å². The number of hydrogen-bond acceptors (Lipinski definition) is 3. The number of para-hydroxylation sites is 3. The molecule has 0 saturated heterocycles. The second-order valence-electron chi connectivity index (χ2n) is 12.2. The summed E-state index contributed by atoms with van der Waals surface area (Å²) in [4.78, 5) is 10.1. The fraction of sp³-hybridized carbons (Fsp3) is 0. The Kier molecular flexibility index (Phi) is 6.05. The maximum absolute atomic E-state index is 5.20. The Balaban J connectivity index is 1.17. The highest BCUT2D eigenvalue weighted by Crippen LogP contribution is 2.42. The molecule has 10 rings (SSSR count). The van der Waals surface area contributed by atoms with E-state index in [1.165, 1.54) is 48.4 Å². The predicted octanol–water partition coefficient (Wildman–Crippen LogP) is 12.1. The fourth-order valence-electron chi connectivity index (χ4n) is 7.22. The van der Waals surface area contributed by atoms with Crippen molar-refractivity contribution in [3.05, 3.63) is 164 Å². The molecule has 0 unspecified atom stereocenters. The van der Waals surface area contributed by atoms with Crippen LogP contribution in [-0.4, -0.2) is 14.5 Å². The Labute approximate surface area is 281 Å². The molecular weight excluding hydrogens is 603 g/mol. The molecule has 0 spiro atoms. The number of fused-ring (bicyclic) bond motifs is 8. The number of hydrogen-bond donors (Lipinski definition) is 0. The van der Waals surface area contributed by atoms with Gasteiger partial charge in [-0.3, -0.25) is 0 Å². The number of benzene rings is 7. The third-order valence-electron chi connectivity index (χ3n) is 9.41. The smallest absolute Gasteiger partial charge is 0.124 e. The second kappa shape index (κ2) is 10.7. The van der Waals surface area contributed by atoms with Crippen molar-refractivity contribution in [2.45, 2.75) is 0 Å². The van der Waals surface area contributed by atoms with Gasteiger partial charge in [-0.15, -0.1) is 11.3 Å². The van der Waals surface area contributed by atoms with Crippen LogP contribution in [0.2, 0.25) is 0 Å². The van der Waals surface area contributed by atoms with Gasteiger partial charge in [0.25, 0.3) is 0 Å². The summed E-state index contributed by atoms with van der Waals surface area (Å²) in [5, 5.41) is 7.11. The topological polar surface area (TPSA) is 30.7 Å². The van der Waals surface area contributed by atoms with Crippen LogP contribution in [0.3, 0.4) is 0 Å². The van der Waals surface area contributed by atoms with Crippen LogP contribution >= 0.6 is 11.3 Å². The van der Waals surface area contributed by atoms with Crippen LogP contribution < -0.4 is 0 Å². The van der Waals surface area contributed by atoms with E-state index in [0.29, 0.717) is 0 Å². The van der Waals surface area contributed by atoms with E-state index in [2.05, 4.69) is 162 Å². The normalized spacial score (nSPS) is 11.8. The fourth-order valence-corrected chi connectivity index (χ4v) is 8.19. The maximum atomic E-state index is 5.20. The summed E-state index contributed by atoms with van der Waals surface area (Å²) in [7, 11) is 0. The third kappa shape index (κ3) is 4.20. The molecule has 0 bridgehead atoms. The predicted molar refractivity (Wildman–Crippen MR) is 203 cm³/mol. The van der Waals surface area contributed by atoms with E-state index in [-0.39, 0.29) is 0 Å². The summed E-state index contributed by atoms with van der Waals surface area (Å²) < 4.78 is 3.63. The van der Waals surface area contributed by atoms with Gasteiger partial charge in [0.15, 0.2) is 0 Å². The molecule has 3 heterocycles. The van der Waals surface area contributed by atoms with Crippen LogP contribution in [0.15, 0.2) is 164 Å². The highest BCUT2D eigenvalue weighted by molar-refractivity contribution is 7.21. The zero-order chi connectivity index (χ0) is 31.6. The first-order valence-corrected chi connectivity index (χ1v) is 17.0. The van der Waals surface area contributed by atoms with Crippen LogP contribution in [-0.2, 0) is 0 Å². The molecule has 0 saturated carbocycles. The molecule has 224 valence electrons. The van der Waals surface area contributed by atoms with Gasteiger partial charge in [-0.1, -0.05) is 121 Å². The van der Waals surface area contributed by atoms with E-state index in [4.69, 9.17) is 9.97 Å². The summed E-state index contributed by atoms with van der Waals surface area (Å²) in [6.07, 6.45) is 0. The van der Waals surface area contributed by atoms with Crippen molar-refractivity contribution in [2.24, 2.45) is 0 Å². The van der Waals surface area contributed by atoms with E-state index in [1.54, 1.807) is 11.3 Å². The summed E-state index contributed by atoms with van der Waals surface area (Å²) >= 11 is 1.74. The van der Waals surface area contributed by atoms with Crippen molar-refractivity contribution < 1.29 is 0 Å². The molecule has 0 N–H and O–H groups in total. The van der Waals surface area contributed by atoms with Gasteiger partial charge in [-0.2, -0.15) is 0 Å². The molecule has 0 fully saturated rings. The molecule has 0 radical (unpaired) electrons. The molecule has 4 heteroatoms. The third-order valence-corrected chi connectivity index (χ3v) is 10.5. The van der Waals surface area contributed by atoms with Crippen molar-refractivity contribution >= 4 is 65.0 Å². The lowest BCUT2D eigenvalue weighted by Crippen LogP contribution is -1.95. The molecule has 10 aromatic rings. The van der Waals surface area contributed by atoms with Gasteiger partial charge in [-0.25, -0.2) is 9.97 Å². The summed E-state index contributed by atoms with van der Waals surface area (Å²) in [6.45, 7) is 0. The van der Waals surface area contributed by atoms with E-state index < -0.39 is 0 Å². The number of rotatable bonds is 4. The van der Waals surface area contributed by atoms with Gasteiger partial charge in [-0.05, 0) is 53.6 Å². The second-order valence-corrected chi connectivity index (χ2v) is 13.2. The molecule has 0 aliphatic heterocycles. The Hall–Kier alpha value is -6.10. The molecule has 0 aliphatic rings. The number of pyridine rings is 1. The minimum Gasteiger partial charge on any atom is -0.309 e. The van der Waals surface area contributed by atoms with Gasteiger partial charge in [0, 0.05) is 43.7 Å². The van der Waals surface area contributed by atoms with Gasteiger partial charge < -0.3 is 4.57 Å². The van der Waals surface area contributed by atoms with Gasteiger partial charge in [0.2, 0.25) is 0 Å². The first kappa shape index (κ1) is 27.1. The Bertz CT molecular complexity index is 2790. The first-order chi connectivity index (χ1) is 23.8. The molecular formula is C44H27N3S. The minimum atomic E-state index is 1.00. The SMILES string of the molecule is c1ccc(-c2nc3ccccc3c3c2ccc2c3c3ccccc3n2-c2cccc(-c3ccc(-c4nc5ccccc5s4)cc3)c2)cc1. The standard InChI is InChI=1S/C44H27N3S/c1-2-11-29(12-3-1)43-35-25-26-39-42(41(35)33-15-4-6-17-36(33)45-43)34-16-5-8-19-38(34)47(39)32-14-10-13-31(27-32)28-21-23-30(24-22-28)44-46-37-18-7-9-20-40(37)48-44/h1-27H. The van der Waals surface area contributed by atoms with Gasteiger partial charge in [0.05, 0.1) is 32.5 Å². The van der Waals surface area contributed by atoms with Crippen molar-refractivity contribution in [1.82, 2.24) is 14.5 Å². The van der Waals surface area contributed by atoms with Crippen molar-refractivity contribution in [1.29, 1.82) is 0 Å². The van der Waals surface area contributed by atoms with E-state index >= 15 is 0 Å². The molecule has 3 aromatic heterocycles. The lowest BCUT2D eigenvalue weighted by atomic mass is 9.96. The number of thiazole rings is 1. The monoisotopic (exact) mass is 629 g/mol. The van der Waals surface area contributed by atoms with Crippen LogP contribution in [0, 0.1) is 0 Å². The van der Waals surface area contributed by atoms with Crippen LogP contribution in [0.25, 0.3) is 92.3 Å². The van der Waals surface area contributed by atoms with E-state index in [9.17, 15) is 0 Å². The molecule has 0 atom stereocenters. The quantitative estimate of drug-likeness (QED) is 0.181. The number of nitrogens with zero attached hydrogens (tertiary/aromatic N) is 3. The van der Waals surface area contributed by atoms with E-state index in [0.717, 1.165) is 43.9 Å². The van der Waals surface area contributed by atoms with Crippen LogP contribution in [0.5, 0.6) is 0 Å². The Morgan fingerprint density at radius 1 is 0.417 bits per heavy atom. The molecule has 3 nitrogen and oxygen atoms in total. The Morgan fingerprint density at radius 2 is 1.12 bits per heavy atom. The lowest BCUT2D eigenvalue weighted by molar-refractivity contribution is 1.18. The lowest BCUT2D eigenvalue weighted by Gasteiger charge is -2.13. The van der Waals surface area contributed by atoms with Crippen LogP contribution in [0.1, 0.15) is 0 Å². The summed E-state index contributed by atoms with van der Waals surface area (Å²) in [6, 6.07) is 58.4. The van der Waals surface area contributed by atoms with Gasteiger partial charge in [0.1, 0.15) is 5.01 Å². The molecule has 48 heavy (non-hydrogen) atoms. The molecule has 7 aromatic carbocycles. The average molecular weight is 630 g/mol.